The molecular weight excluding hydrogens is 1120 g/mol. The number of aromatic nitrogens is 4. The quantitative estimate of drug-likeness (QED) is 0.0502. The summed E-state index contributed by atoms with van der Waals surface area (Å²) in [6.07, 6.45) is 0.531. The number of nitrogens with two attached hydrogens (primary N) is 1. The van der Waals surface area contributed by atoms with Gasteiger partial charge in [0.05, 0.1) is 43.8 Å². The molecule has 2 aromatic heterocycles. The van der Waals surface area contributed by atoms with Crippen molar-refractivity contribution in [2.75, 3.05) is 37.8 Å². The van der Waals surface area contributed by atoms with Crippen LogP contribution < -0.4 is 16.4 Å². The van der Waals surface area contributed by atoms with Crippen LogP contribution in [0.5, 0.6) is 0 Å². The van der Waals surface area contributed by atoms with Crippen molar-refractivity contribution in [3.05, 3.63) is 12.7 Å². The predicted molar refractivity (Wildman–Crippen MR) is 283 cm³/mol. The topological polar surface area (TPSA) is 424 Å². The highest BCUT2D eigenvalue weighted by atomic mass is 32.2. The number of ether oxygens (including phenoxy) is 1. The lowest BCUT2D eigenvalue weighted by Crippen LogP contribution is -2.58. The minimum atomic E-state index is -5.61. The smallest absolute Gasteiger partial charge is 0.393 e. The lowest BCUT2D eigenvalue weighted by molar-refractivity contribution is -0.174. The minimum Gasteiger partial charge on any atom is -0.393 e. The number of imidazole rings is 1. The molecule has 4 aliphatic carbocycles. The van der Waals surface area contributed by atoms with Gasteiger partial charge in [-0.05, 0) is 111 Å². The molecule has 448 valence electrons. The number of fused-ring (bicyclic) bond motifs is 6. The van der Waals surface area contributed by atoms with Gasteiger partial charge in [-0.3, -0.25) is 32.5 Å². The fraction of sp³-hybridized carbons (Fsp3) is 0.833. The molecule has 1 saturated heterocycles. The van der Waals surface area contributed by atoms with Crippen molar-refractivity contribution in [3.8, 4) is 0 Å². The van der Waals surface area contributed by atoms with E-state index in [9.17, 15) is 73.2 Å². The average Bonchev–Trinajstić information content (AvgIpc) is 4.08. The molecular formula is C48H80N7O20P3S. The number of hydrogen-bond acceptors (Lipinski definition) is 21. The van der Waals surface area contributed by atoms with Crippen LogP contribution >= 0.6 is 35.2 Å². The summed E-state index contributed by atoms with van der Waals surface area (Å²) in [5, 5.41) is 59.7. The Morgan fingerprint density at radius 1 is 0.911 bits per heavy atom. The summed E-state index contributed by atoms with van der Waals surface area (Å²) in [7, 11) is -16.5. The molecule has 79 heavy (non-hydrogen) atoms. The Hall–Kier alpha value is -2.56. The monoisotopic (exact) mass is 1200 g/mol. The summed E-state index contributed by atoms with van der Waals surface area (Å²) in [6, 6.07) is 0. The first-order chi connectivity index (χ1) is 36.8. The van der Waals surface area contributed by atoms with Crippen molar-refractivity contribution in [2.24, 2.45) is 57.7 Å². The maximum absolute atomic E-state index is 13.1. The molecule has 2 amide bonds. The minimum absolute atomic E-state index is 0.0236. The van der Waals surface area contributed by atoms with Crippen LogP contribution in [0.3, 0.4) is 0 Å². The molecule has 0 spiro atoms. The first kappa shape index (κ1) is 64.0. The highest BCUT2D eigenvalue weighted by molar-refractivity contribution is 8.13. The van der Waals surface area contributed by atoms with Gasteiger partial charge >= 0.3 is 23.5 Å². The fourth-order valence-electron chi connectivity index (χ4n) is 13.6. The molecule has 0 aromatic carbocycles. The van der Waals surface area contributed by atoms with E-state index < -0.39 is 96.6 Å². The van der Waals surface area contributed by atoms with Gasteiger partial charge in [0.1, 0.15) is 36.3 Å². The van der Waals surface area contributed by atoms with Gasteiger partial charge < -0.3 is 66.2 Å². The number of rotatable bonds is 25. The Bertz CT molecular complexity index is 2640. The van der Waals surface area contributed by atoms with Crippen molar-refractivity contribution in [2.45, 2.75) is 161 Å². The van der Waals surface area contributed by atoms with E-state index in [-0.39, 0.29) is 76.3 Å². The maximum Gasteiger partial charge on any atom is 0.481 e. The molecule has 19 atom stereocenters. The standard InChI is InChI=1S/C48H80N7O20P3S/c1-25(29-8-9-30-36-31(12-15-48(29,30)6)47(5)14-11-28(56)19-27(47)20-33(36)58)7-10-32(57)26(2)45(63)79-18-17-50-35(59)13-16-51-43(62)40(61)46(3,4)22-72-78(69,70)75-77(67,68)71-21-34-39(74-76(64,65)66)38(60)44(73-34)55-24-54-37-41(49)52-23-53-42(37)55/h23-34,36,38-40,44,56-58,60-61H,7-22H2,1-6H3,(H,50,59)(H,51,62)(H,67,68)(H,69,70)(H2,49,52,53)(H2,64,65,66)/t25?,26?,27-,28?,29?,30?,31?,32?,33?,34+,36?,38+,39+,40?,44+,47-,48+/m0/s1. The van der Waals surface area contributed by atoms with Crippen molar-refractivity contribution >= 4 is 69.1 Å². The van der Waals surface area contributed by atoms with Crippen LogP contribution in [0.25, 0.3) is 11.2 Å². The molecule has 0 radical (unpaired) electrons. The number of carbonyl (C=O) groups excluding carboxylic acids is 3. The van der Waals surface area contributed by atoms with Gasteiger partial charge in [0.2, 0.25) is 11.8 Å². The van der Waals surface area contributed by atoms with E-state index in [0.717, 1.165) is 86.8 Å². The normalized spacial score (nSPS) is 34.0. The number of anilines is 1. The highest BCUT2D eigenvalue weighted by Crippen LogP contribution is 2.69. The van der Waals surface area contributed by atoms with Gasteiger partial charge in [-0.1, -0.05) is 53.3 Å². The van der Waals surface area contributed by atoms with Crippen LogP contribution in [0.4, 0.5) is 5.82 Å². The molecule has 2 aromatic rings. The largest absolute Gasteiger partial charge is 0.481 e. The molecule has 1 aliphatic heterocycles. The second kappa shape index (κ2) is 25.3. The number of aliphatic hydroxyl groups is 5. The van der Waals surface area contributed by atoms with Crippen LogP contribution in [-0.2, 0) is 50.7 Å². The van der Waals surface area contributed by atoms with E-state index in [0.29, 0.717) is 36.0 Å². The number of aliphatic hydroxyl groups excluding tert-OH is 5. The zero-order valence-corrected chi connectivity index (χ0v) is 48.8. The molecule has 4 saturated carbocycles. The molecule has 12 unspecified atom stereocenters. The zero-order valence-electron chi connectivity index (χ0n) is 45.3. The van der Waals surface area contributed by atoms with Gasteiger partial charge in [-0.25, -0.2) is 28.6 Å². The first-order valence-corrected chi connectivity index (χ1v) is 32.4. The summed E-state index contributed by atoms with van der Waals surface area (Å²) in [5.74, 6) is 0.407. The van der Waals surface area contributed by atoms with Crippen molar-refractivity contribution in [3.63, 3.8) is 0 Å². The molecule has 7 rings (SSSR count). The molecule has 13 N–H and O–H groups in total. The highest BCUT2D eigenvalue weighted by Gasteiger charge is 2.63. The molecule has 5 aliphatic rings. The van der Waals surface area contributed by atoms with Crippen LogP contribution in [0.15, 0.2) is 12.7 Å². The number of nitrogen functional groups attached to an aromatic ring is 1. The van der Waals surface area contributed by atoms with Crippen molar-refractivity contribution in [1.29, 1.82) is 0 Å². The summed E-state index contributed by atoms with van der Waals surface area (Å²) in [5.41, 5.74) is 4.50. The first-order valence-electron chi connectivity index (χ1n) is 26.9. The van der Waals surface area contributed by atoms with E-state index in [2.05, 4.69) is 55.2 Å². The summed E-state index contributed by atoms with van der Waals surface area (Å²) >= 11 is 1.00. The number of hydrogen-bond donors (Lipinski definition) is 12. The SMILES string of the molecule is CC(CCC(O)C(C)C(=O)SCCNC(=O)CCNC(=O)C(O)C(C)(C)COP(=O)(O)OP(=O)(O)OC[C@H]1O[C@@H](n2cnc3c(N)ncnc32)[C@H](O)[C@@H]1OP(=O)(O)O)C1CCC2C3C(O)C[C@@H]4CC(O)CC[C@]4(C)C3CC[C@]12C. The summed E-state index contributed by atoms with van der Waals surface area (Å²) in [6.45, 7) is 9.12. The van der Waals surface area contributed by atoms with E-state index >= 15 is 0 Å². The van der Waals surface area contributed by atoms with E-state index in [1.807, 2.05) is 0 Å². The number of phosphoric ester groups is 3. The van der Waals surface area contributed by atoms with E-state index in [1.165, 1.54) is 13.8 Å². The van der Waals surface area contributed by atoms with Gasteiger partial charge in [0, 0.05) is 30.7 Å². The molecule has 27 nitrogen and oxygen atoms in total. The predicted octanol–water partition coefficient (Wildman–Crippen LogP) is 3.07. The molecule has 5 fully saturated rings. The number of carbonyl (C=O) groups is 3. The maximum atomic E-state index is 13.1. The Balaban J connectivity index is 0.774. The summed E-state index contributed by atoms with van der Waals surface area (Å²) < 4.78 is 62.8. The van der Waals surface area contributed by atoms with Gasteiger partial charge in [0.25, 0.3) is 0 Å². The Kier molecular flexibility index (Phi) is 20.5. The number of thioether (sulfide) groups is 1. The van der Waals surface area contributed by atoms with Gasteiger partial charge in [0.15, 0.2) is 22.8 Å². The second-order valence-electron chi connectivity index (χ2n) is 23.6. The lowest BCUT2D eigenvalue weighted by Gasteiger charge is -2.62. The number of amides is 2. The van der Waals surface area contributed by atoms with Gasteiger partial charge in [-0.15, -0.1) is 0 Å². The summed E-state index contributed by atoms with van der Waals surface area (Å²) in [4.78, 5) is 89.9. The van der Waals surface area contributed by atoms with E-state index in [4.69, 9.17) is 19.5 Å². The van der Waals surface area contributed by atoms with Crippen molar-refractivity contribution in [1.82, 2.24) is 30.2 Å². The number of nitrogens with zero attached hydrogens (tertiary/aromatic N) is 4. The second-order valence-corrected chi connectivity index (χ2v) is 28.9. The van der Waals surface area contributed by atoms with Crippen LogP contribution in [0.2, 0.25) is 0 Å². The van der Waals surface area contributed by atoms with E-state index in [1.54, 1.807) is 6.92 Å². The van der Waals surface area contributed by atoms with Crippen LogP contribution in [0.1, 0.15) is 118 Å². The average molecular weight is 1200 g/mol. The fourth-order valence-corrected chi connectivity index (χ4v) is 17.3. The molecule has 3 heterocycles. The molecule has 0 bridgehead atoms. The van der Waals surface area contributed by atoms with Crippen LogP contribution in [0, 0.1) is 57.7 Å². The van der Waals surface area contributed by atoms with Gasteiger partial charge in [-0.2, -0.15) is 4.31 Å². The molecule has 31 heteroatoms. The zero-order chi connectivity index (χ0) is 58.2. The lowest BCUT2D eigenvalue weighted by atomic mass is 9.43. The number of phosphoric acid groups is 3. The Labute approximate surface area is 462 Å². The third-order valence-electron chi connectivity index (χ3n) is 18.0. The third-order valence-corrected chi connectivity index (χ3v) is 22.2. The Morgan fingerprint density at radius 3 is 2.30 bits per heavy atom. The van der Waals surface area contributed by atoms with Crippen LogP contribution in [-0.4, -0.2) is 156 Å². The number of nitrogens with one attached hydrogen (secondary N) is 2. The van der Waals surface area contributed by atoms with Crippen molar-refractivity contribution < 1.29 is 95.8 Å². The third kappa shape index (κ3) is 14.9. The Morgan fingerprint density at radius 2 is 1.59 bits per heavy atom.